The van der Waals surface area contributed by atoms with Gasteiger partial charge in [0.05, 0.1) is 37.5 Å². The van der Waals surface area contributed by atoms with Crippen molar-refractivity contribution < 1.29 is 12.6 Å². The third kappa shape index (κ3) is 6.22. The Kier molecular flexibility index (Phi) is 8.27. The molecule has 1 heterocycles. The summed E-state index contributed by atoms with van der Waals surface area (Å²) >= 11 is 13.5. The first-order valence-electron chi connectivity index (χ1n) is 11.2. The highest BCUT2D eigenvalue weighted by atomic mass is 35.5. The molecule has 188 valence electrons. The highest BCUT2D eigenvalue weighted by Crippen LogP contribution is 2.35. The zero-order chi connectivity index (χ0) is 25.9. The maximum atomic E-state index is 12.4. The number of aryl methyl sites for hydroxylation is 2. The van der Waals surface area contributed by atoms with Crippen LogP contribution in [-0.4, -0.2) is 33.1 Å². The molecule has 0 radical (unpaired) electrons. The molecule has 0 aliphatic carbocycles. The number of hydrogen-bond donors (Lipinski definition) is 0. The molecule has 0 aliphatic heterocycles. The molecule has 7 nitrogen and oxygen atoms in total. The maximum absolute atomic E-state index is 12.4. The summed E-state index contributed by atoms with van der Waals surface area (Å²) in [5.41, 5.74) is 4.29. The molecule has 4 rings (SSSR count). The van der Waals surface area contributed by atoms with Gasteiger partial charge in [-0.1, -0.05) is 52.2 Å². The van der Waals surface area contributed by atoms with Crippen molar-refractivity contribution in [3.63, 3.8) is 0 Å². The highest BCUT2D eigenvalue weighted by molar-refractivity contribution is 7.86. The predicted molar refractivity (Wildman–Crippen MR) is 147 cm³/mol. The van der Waals surface area contributed by atoms with E-state index in [9.17, 15) is 8.42 Å². The molecule has 4 aromatic rings. The van der Waals surface area contributed by atoms with Gasteiger partial charge in [-0.2, -0.15) is 8.42 Å². The summed E-state index contributed by atoms with van der Waals surface area (Å²) in [6, 6.07) is 15.9. The Morgan fingerprint density at radius 2 is 1.72 bits per heavy atom. The summed E-state index contributed by atoms with van der Waals surface area (Å²) < 4.78 is 31.0. The first-order chi connectivity index (χ1) is 17.2. The van der Waals surface area contributed by atoms with Gasteiger partial charge in [-0.05, 0) is 68.8 Å². The minimum atomic E-state index is -3.80. The number of halogens is 2. The third-order valence-electron chi connectivity index (χ3n) is 5.50. The van der Waals surface area contributed by atoms with Gasteiger partial charge in [0, 0.05) is 18.8 Å². The Morgan fingerprint density at radius 3 is 2.42 bits per heavy atom. The monoisotopic (exact) mass is 562 g/mol. The van der Waals surface area contributed by atoms with Crippen LogP contribution in [0.2, 0.25) is 10.0 Å². The van der Waals surface area contributed by atoms with Crippen LogP contribution in [0.4, 0.5) is 16.5 Å². The van der Waals surface area contributed by atoms with Crippen molar-refractivity contribution in [1.82, 2.24) is 4.98 Å². The fourth-order valence-corrected chi connectivity index (χ4v) is 5.59. The van der Waals surface area contributed by atoms with Crippen molar-refractivity contribution in [3.05, 3.63) is 75.8 Å². The molecule has 0 unspecified atom stereocenters. The standard InChI is InChI=1S/C25H24Cl2N4O3S2/c1-4-31(11-12-34-36(32,33)19-8-5-16(2)6-9-19)18-7-10-22(17(3)13-18)29-30-25-28-23-14-20(26)21(27)15-24(23)35-25/h5-10,13-15H,4,11-12H2,1-3H3. The SMILES string of the molecule is CCN(CCOS(=O)(=O)c1ccc(C)cc1)c1ccc(N=Nc2nc3cc(Cl)c(Cl)cc3s2)c(C)c1. The van der Waals surface area contributed by atoms with E-state index in [0.29, 0.717) is 34.0 Å². The van der Waals surface area contributed by atoms with Crippen LogP contribution in [0.1, 0.15) is 18.1 Å². The van der Waals surface area contributed by atoms with E-state index in [1.54, 1.807) is 36.4 Å². The van der Waals surface area contributed by atoms with Crippen LogP contribution in [0.3, 0.4) is 0 Å². The van der Waals surface area contributed by atoms with Crippen LogP contribution in [0.5, 0.6) is 0 Å². The number of fused-ring (bicyclic) bond motifs is 1. The van der Waals surface area contributed by atoms with Crippen LogP contribution in [-0.2, 0) is 14.3 Å². The molecular formula is C25H24Cl2N4O3S2. The van der Waals surface area contributed by atoms with Gasteiger partial charge in [0.2, 0.25) is 5.13 Å². The zero-order valence-electron chi connectivity index (χ0n) is 19.9. The Morgan fingerprint density at radius 1 is 1.00 bits per heavy atom. The average Bonchev–Trinajstić information content (AvgIpc) is 3.23. The first kappa shape index (κ1) is 26.5. The lowest BCUT2D eigenvalue weighted by molar-refractivity contribution is 0.324. The van der Waals surface area contributed by atoms with E-state index in [2.05, 4.69) is 15.2 Å². The minimum absolute atomic E-state index is 0.0379. The molecule has 0 spiro atoms. The molecule has 3 aromatic carbocycles. The summed E-state index contributed by atoms with van der Waals surface area (Å²) in [6.45, 7) is 6.99. The molecule has 0 fully saturated rings. The smallest absolute Gasteiger partial charge is 0.297 e. The number of benzene rings is 3. The third-order valence-corrected chi connectivity index (χ3v) is 8.45. The zero-order valence-corrected chi connectivity index (χ0v) is 23.0. The topological polar surface area (TPSA) is 84.2 Å². The molecule has 0 bridgehead atoms. The van der Waals surface area contributed by atoms with E-state index < -0.39 is 10.1 Å². The Bertz CT molecular complexity index is 1480. The summed E-state index contributed by atoms with van der Waals surface area (Å²) in [6.07, 6.45) is 0. The Balaban J connectivity index is 1.42. The van der Waals surface area contributed by atoms with Gasteiger partial charge in [0.15, 0.2) is 0 Å². The summed E-state index contributed by atoms with van der Waals surface area (Å²) in [7, 11) is -3.80. The van der Waals surface area contributed by atoms with Crippen LogP contribution < -0.4 is 4.90 Å². The van der Waals surface area contributed by atoms with Crippen LogP contribution in [0.25, 0.3) is 10.2 Å². The quantitative estimate of drug-likeness (QED) is 0.153. The van der Waals surface area contributed by atoms with E-state index >= 15 is 0 Å². The Labute approximate surface area is 224 Å². The predicted octanol–water partition coefficient (Wildman–Crippen LogP) is 7.87. The van der Waals surface area contributed by atoms with Crippen molar-refractivity contribution in [3.8, 4) is 0 Å². The largest absolute Gasteiger partial charge is 0.369 e. The van der Waals surface area contributed by atoms with Gasteiger partial charge in [-0.3, -0.25) is 4.18 Å². The highest BCUT2D eigenvalue weighted by Gasteiger charge is 2.16. The van der Waals surface area contributed by atoms with E-state index in [0.717, 1.165) is 27.0 Å². The van der Waals surface area contributed by atoms with Crippen LogP contribution in [0.15, 0.2) is 69.7 Å². The van der Waals surface area contributed by atoms with Crippen molar-refractivity contribution in [2.24, 2.45) is 10.2 Å². The van der Waals surface area contributed by atoms with E-state index in [4.69, 9.17) is 27.4 Å². The van der Waals surface area contributed by atoms with Gasteiger partial charge < -0.3 is 4.90 Å². The van der Waals surface area contributed by atoms with Crippen LogP contribution >= 0.6 is 34.5 Å². The lowest BCUT2D eigenvalue weighted by atomic mass is 10.1. The molecule has 0 saturated carbocycles. The van der Waals surface area contributed by atoms with Crippen molar-refractivity contribution in [2.75, 3.05) is 24.6 Å². The van der Waals surface area contributed by atoms with Crippen LogP contribution in [0, 0.1) is 13.8 Å². The number of nitrogens with zero attached hydrogens (tertiary/aromatic N) is 4. The summed E-state index contributed by atoms with van der Waals surface area (Å²) in [5.74, 6) is 0. The van der Waals surface area contributed by atoms with Crippen molar-refractivity contribution in [1.29, 1.82) is 0 Å². The second-order valence-corrected chi connectivity index (χ2v) is 11.5. The molecule has 36 heavy (non-hydrogen) atoms. The maximum Gasteiger partial charge on any atom is 0.297 e. The number of aromatic nitrogens is 1. The second-order valence-electron chi connectivity index (χ2n) is 8.07. The average molecular weight is 564 g/mol. The van der Waals surface area contributed by atoms with E-state index in [1.165, 1.54) is 11.3 Å². The molecule has 0 N–H and O–H groups in total. The lowest BCUT2D eigenvalue weighted by Crippen LogP contribution is -2.28. The van der Waals surface area contributed by atoms with Gasteiger partial charge in [0.25, 0.3) is 10.1 Å². The molecule has 0 atom stereocenters. The number of rotatable bonds is 9. The lowest BCUT2D eigenvalue weighted by Gasteiger charge is -2.23. The van der Waals surface area contributed by atoms with E-state index in [-0.39, 0.29) is 11.5 Å². The summed E-state index contributed by atoms with van der Waals surface area (Å²) in [4.78, 5) is 6.64. The number of hydrogen-bond acceptors (Lipinski definition) is 8. The van der Waals surface area contributed by atoms with Crippen molar-refractivity contribution in [2.45, 2.75) is 25.7 Å². The van der Waals surface area contributed by atoms with E-state index in [1.807, 2.05) is 43.9 Å². The minimum Gasteiger partial charge on any atom is -0.369 e. The number of likely N-dealkylation sites (N-methyl/N-ethyl adjacent to an activating group) is 1. The molecule has 0 saturated heterocycles. The normalized spacial score (nSPS) is 12.0. The van der Waals surface area contributed by atoms with Gasteiger partial charge in [-0.15, -0.1) is 10.2 Å². The molecule has 0 amide bonds. The fourth-order valence-electron chi connectivity index (χ4n) is 3.50. The summed E-state index contributed by atoms with van der Waals surface area (Å²) in [5, 5.41) is 10.1. The van der Waals surface area contributed by atoms with Gasteiger partial charge >= 0.3 is 0 Å². The fraction of sp³-hybridized carbons (Fsp3) is 0.240. The molecule has 0 aliphatic rings. The molecule has 1 aromatic heterocycles. The first-order valence-corrected chi connectivity index (χ1v) is 14.1. The second kappa shape index (κ2) is 11.2. The van der Waals surface area contributed by atoms with Crippen molar-refractivity contribution >= 4 is 71.4 Å². The van der Waals surface area contributed by atoms with Gasteiger partial charge in [-0.25, -0.2) is 4.98 Å². The number of thiazole rings is 1. The number of azo groups is 1. The number of anilines is 1. The molecular weight excluding hydrogens is 539 g/mol. The van der Waals surface area contributed by atoms with Gasteiger partial charge in [0.1, 0.15) is 0 Å². The Hall–Kier alpha value is -2.56. The molecule has 11 heteroatoms.